The van der Waals surface area contributed by atoms with Crippen molar-refractivity contribution in [2.75, 3.05) is 0 Å². The molecular formula is C52H33NS. The van der Waals surface area contributed by atoms with E-state index in [0.29, 0.717) is 0 Å². The SMILES string of the molecule is c1ccc(-c2ccc(-c3ccccc3)n2-c2ccc3c(-c4cccc5sc6ccccc6c45)c4ccccc4c(-c4cccc5ccccc45)c3c2)cc1. The summed E-state index contributed by atoms with van der Waals surface area (Å²) in [7, 11) is 0. The Morgan fingerprint density at radius 3 is 1.57 bits per heavy atom. The van der Waals surface area contributed by atoms with Gasteiger partial charge < -0.3 is 4.57 Å². The number of thiophene rings is 1. The lowest BCUT2D eigenvalue weighted by Gasteiger charge is -2.21. The highest BCUT2D eigenvalue weighted by Crippen LogP contribution is 2.49. The first-order valence-electron chi connectivity index (χ1n) is 18.5. The highest BCUT2D eigenvalue weighted by molar-refractivity contribution is 7.25. The third-order valence-corrected chi connectivity index (χ3v) is 12.2. The molecule has 0 aliphatic carbocycles. The number of aromatic nitrogens is 1. The number of hydrogen-bond acceptors (Lipinski definition) is 1. The summed E-state index contributed by atoms with van der Waals surface area (Å²) in [6.45, 7) is 0. The second-order valence-electron chi connectivity index (χ2n) is 14.0. The van der Waals surface area contributed by atoms with Gasteiger partial charge in [-0.2, -0.15) is 0 Å². The molecule has 2 heterocycles. The van der Waals surface area contributed by atoms with Gasteiger partial charge in [-0.15, -0.1) is 11.3 Å². The maximum Gasteiger partial charge on any atom is 0.0535 e. The van der Waals surface area contributed by atoms with Gasteiger partial charge in [0, 0.05) is 25.9 Å². The lowest BCUT2D eigenvalue weighted by molar-refractivity contribution is 1.10. The molecule has 0 spiro atoms. The minimum Gasteiger partial charge on any atom is -0.309 e. The molecule has 11 rings (SSSR count). The predicted molar refractivity (Wildman–Crippen MR) is 233 cm³/mol. The molecule has 0 unspecified atom stereocenters. The van der Waals surface area contributed by atoms with E-state index in [1.54, 1.807) is 0 Å². The van der Waals surface area contributed by atoms with Crippen LogP contribution in [0.4, 0.5) is 0 Å². The molecule has 252 valence electrons. The molecule has 54 heavy (non-hydrogen) atoms. The molecule has 0 aliphatic rings. The smallest absolute Gasteiger partial charge is 0.0535 e. The van der Waals surface area contributed by atoms with Crippen molar-refractivity contribution in [1.82, 2.24) is 4.57 Å². The van der Waals surface area contributed by atoms with Gasteiger partial charge in [-0.05, 0) is 102 Å². The number of nitrogens with zero attached hydrogens (tertiary/aromatic N) is 1. The second kappa shape index (κ2) is 12.4. The zero-order chi connectivity index (χ0) is 35.6. The largest absolute Gasteiger partial charge is 0.309 e. The van der Waals surface area contributed by atoms with E-state index in [4.69, 9.17) is 0 Å². The van der Waals surface area contributed by atoms with Crippen molar-refractivity contribution in [2.45, 2.75) is 0 Å². The minimum atomic E-state index is 1.13. The van der Waals surface area contributed by atoms with Gasteiger partial charge in [0.1, 0.15) is 0 Å². The zero-order valence-corrected chi connectivity index (χ0v) is 30.2. The van der Waals surface area contributed by atoms with E-state index >= 15 is 0 Å². The molecule has 0 amide bonds. The summed E-state index contributed by atoms with van der Waals surface area (Å²) in [6, 6.07) is 73.5. The Morgan fingerprint density at radius 1 is 0.333 bits per heavy atom. The van der Waals surface area contributed by atoms with Crippen molar-refractivity contribution >= 4 is 63.8 Å². The maximum absolute atomic E-state index is 2.45. The van der Waals surface area contributed by atoms with Gasteiger partial charge >= 0.3 is 0 Å². The summed E-state index contributed by atoms with van der Waals surface area (Å²) < 4.78 is 5.07. The van der Waals surface area contributed by atoms with Gasteiger partial charge in [-0.25, -0.2) is 0 Å². The number of hydrogen-bond donors (Lipinski definition) is 0. The van der Waals surface area contributed by atoms with Crippen LogP contribution in [0, 0.1) is 0 Å². The van der Waals surface area contributed by atoms with Gasteiger partial charge in [-0.3, -0.25) is 0 Å². The average Bonchev–Trinajstić information content (AvgIpc) is 3.86. The standard InChI is InChI=1S/C52H33NS/c1-3-16-35(17-4-1)46-31-32-47(36-18-5-2-6-19-36)53(46)37-29-30-42-45(33-37)51(39-25-13-20-34-15-7-8-21-38(34)39)41-23-10-9-22-40(41)50(42)44-26-14-28-49-52(44)43-24-11-12-27-48(43)54-49/h1-33H. The van der Waals surface area contributed by atoms with Crippen LogP contribution < -0.4 is 0 Å². The lowest BCUT2D eigenvalue weighted by atomic mass is 9.83. The molecule has 0 saturated heterocycles. The van der Waals surface area contributed by atoms with Crippen molar-refractivity contribution in [1.29, 1.82) is 0 Å². The first-order valence-corrected chi connectivity index (χ1v) is 19.3. The predicted octanol–water partition coefficient (Wildman–Crippen LogP) is 15.0. The van der Waals surface area contributed by atoms with Crippen LogP contribution >= 0.6 is 11.3 Å². The number of rotatable bonds is 5. The molecule has 0 fully saturated rings. The Balaban J connectivity index is 1.31. The third-order valence-electron chi connectivity index (χ3n) is 11.0. The van der Waals surface area contributed by atoms with Gasteiger partial charge in [0.25, 0.3) is 0 Å². The van der Waals surface area contributed by atoms with Gasteiger partial charge in [-0.1, -0.05) is 164 Å². The van der Waals surface area contributed by atoms with E-state index in [-0.39, 0.29) is 0 Å². The zero-order valence-electron chi connectivity index (χ0n) is 29.4. The van der Waals surface area contributed by atoms with E-state index in [9.17, 15) is 0 Å². The summed E-state index contributed by atoms with van der Waals surface area (Å²) in [4.78, 5) is 0. The van der Waals surface area contributed by atoms with E-state index in [1.165, 1.54) is 85.9 Å². The molecule has 1 nitrogen and oxygen atoms in total. The van der Waals surface area contributed by atoms with Gasteiger partial charge in [0.2, 0.25) is 0 Å². The van der Waals surface area contributed by atoms with Crippen molar-refractivity contribution in [2.24, 2.45) is 0 Å². The van der Waals surface area contributed by atoms with E-state index in [1.807, 2.05) is 11.3 Å². The lowest BCUT2D eigenvalue weighted by Crippen LogP contribution is -2.00. The Kier molecular flexibility index (Phi) is 7.11. The molecule has 0 aliphatic heterocycles. The summed E-state index contributed by atoms with van der Waals surface area (Å²) in [5.74, 6) is 0. The quantitative estimate of drug-likeness (QED) is 0.157. The van der Waals surface area contributed by atoms with E-state index < -0.39 is 0 Å². The fraction of sp³-hybridized carbons (Fsp3) is 0. The molecule has 9 aromatic carbocycles. The van der Waals surface area contributed by atoms with Crippen LogP contribution in [-0.2, 0) is 0 Å². The first kappa shape index (κ1) is 30.8. The monoisotopic (exact) mass is 703 g/mol. The normalized spacial score (nSPS) is 11.7. The highest BCUT2D eigenvalue weighted by atomic mass is 32.1. The van der Waals surface area contributed by atoms with Gasteiger partial charge in [0.05, 0.1) is 11.4 Å². The van der Waals surface area contributed by atoms with E-state index in [2.05, 4.69) is 205 Å². The van der Waals surface area contributed by atoms with Crippen LogP contribution in [0.15, 0.2) is 200 Å². The topological polar surface area (TPSA) is 4.93 Å². The Morgan fingerprint density at radius 2 is 0.852 bits per heavy atom. The van der Waals surface area contributed by atoms with Crippen molar-refractivity contribution in [3.05, 3.63) is 200 Å². The van der Waals surface area contributed by atoms with Crippen LogP contribution in [0.2, 0.25) is 0 Å². The van der Waals surface area contributed by atoms with E-state index in [0.717, 1.165) is 17.1 Å². The fourth-order valence-corrected chi connectivity index (χ4v) is 9.83. The van der Waals surface area contributed by atoms with Crippen LogP contribution in [0.3, 0.4) is 0 Å². The molecular weight excluding hydrogens is 671 g/mol. The third kappa shape index (κ3) is 4.78. The maximum atomic E-state index is 2.45. The molecule has 11 aromatic rings. The first-order chi connectivity index (χ1) is 26.8. The molecule has 0 saturated carbocycles. The second-order valence-corrected chi connectivity index (χ2v) is 15.1. The number of benzene rings is 9. The van der Waals surface area contributed by atoms with Crippen LogP contribution in [0.25, 0.3) is 103 Å². The highest BCUT2D eigenvalue weighted by Gasteiger charge is 2.22. The molecule has 0 N–H and O–H groups in total. The van der Waals surface area contributed by atoms with Crippen molar-refractivity contribution in [3.63, 3.8) is 0 Å². The minimum absolute atomic E-state index is 1.13. The number of fused-ring (bicyclic) bond motifs is 6. The molecule has 2 heteroatoms. The summed E-state index contributed by atoms with van der Waals surface area (Å²) in [5.41, 5.74) is 10.9. The van der Waals surface area contributed by atoms with Crippen LogP contribution in [0.1, 0.15) is 0 Å². The Labute approximate surface area is 317 Å². The van der Waals surface area contributed by atoms with Crippen molar-refractivity contribution in [3.8, 4) is 50.5 Å². The molecule has 2 aromatic heterocycles. The summed E-state index contributed by atoms with van der Waals surface area (Å²) in [5, 5.41) is 10.1. The molecule has 0 bridgehead atoms. The fourth-order valence-electron chi connectivity index (χ4n) is 8.70. The van der Waals surface area contributed by atoms with Crippen molar-refractivity contribution < 1.29 is 0 Å². The Hall–Kier alpha value is -6.74. The van der Waals surface area contributed by atoms with Crippen LogP contribution in [-0.4, -0.2) is 4.57 Å². The Bertz CT molecular complexity index is 3140. The summed E-state index contributed by atoms with van der Waals surface area (Å²) >= 11 is 1.88. The summed E-state index contributed by atoms with van der Waals surface area (Å²) in [6.07, 6.45) is 0. The average molecular weight is 704 g/mol. The van der Waals surface area contributed by atoms with Crippen LogP contribution in [0.5, 0.6) is 0 Å². The molecule has 0 atom stereocenters. The van der Waals surface area contributed by atoms with Gasteiger partial charge in [0.15, 0.2) is 0 Å². The molecule has 0 radical (unpaired) electrons.